The van der Waals surface area contributed by atoms with E-state index in [1.54, 1.807) is 11.8 Å². The molecule has 0 aromatic heterocycles. The van der Waals surface area contributed by atoms with Gasteiger partial charge in [-0.3, -0.25) is 4.79 Å². The third-order valence-corrected chi connectivity index (χ3v) is 3.59. The minimum absolute atomic E-state index is 0.0891. The van der Waals surface area contributed by atoms with Crippen LogP contribution in [-0.4, -0.2) is 31.0 Å². The minimum atomic E-state index is -0.179. The Morgan fingerprint density at radius 2 is 2.35 bits per heavy atom. The number of rotatable bonds is 4. The maximum atomic E-state index is 12.1. The zero-order valence-electron chi connectivity index (χ0n) is 10.0. The highest BCUT2D eigenvalue weighted by molar-refractivity contribution is 7.98. The number of carbonyl (C=O) groups is 1. The molecule has 1 aromatic carbocycles. The minimum Gasteiger partial charge on any atom is -0.354 e. The van der Waals surface area contributed by atoms with Crippen LogP contribution in [0.2, 0.25) is 0 Å². The van der Waals surface area contributed by atoms with Crippen LogP contribution in [0, 0.1) is 0 Å². The first kappa shape index (κ1) is 12.5. The Balaban J connectivity index is 2.05. The Morgan fingerprint density at radius 1 is 1.53 bits per heavy atom. The van der Waals surface area contributed by atoms with Crippen molar-refractivity contribution in [2.24, 2.45) is 0 Å². The van der Waals surface area contributed by atoms with E-state index in [0.29, 0.717) is 0 Å². The first-order valence-electron chi connectivity index (χ1n) is 5.91. The lowest BCUT2D eigenvalue weighted by Gasteiger charge is -2.25. The molecule has 2 N–H and O–H groups in total. The van der Waals surface area contributed by atoms with Gasteiger partial charge in [0.2, 0.25) is 5.91 Å². The highest BCUT2D eigenvalue weighted by atomic mass is 32.2. The number of benzene rings is 1. The quantitative estimate of drug-likeness (QED) is 0.793. The second kappa shape index (κ2) is 6.07. The lowest BCUT2D eigenvalue weighted by Crippen LogP contribution is -2.42. The van der Waals surface area contributed by atoms with Crippen molar-refractivity contribution in [2.45, 2.75) is 12.5 Å². The van der Waals surface area contributed by atoms with Gasteiger partial charge in [0, 0.05) is 18.8 Å². The van der Waals surface area contributed by atoms with Crippen molar-refractivity contribution in [2.75, 3.05) is 25.1 Å². The fraction of sp³-hybridized carbons (Fsp3) is 0.462. The summed E-state index contributed by atoms with van der Waals surface area (Å²) in [6, 6.07) is 8.00. The van der Waals surface area contributed by atoms with Gasteiger partial charge in [-0.25, -0.2) is 0 Å². The summed E-state index contributed by atoms with van der Waals surface area (Å²) in [5, 5.41) is 6.26. The van der Waals surface area contributed by atoms with Gasteiger partial charge in [-0.1, -0.05) is 24.3 Å². The van der Waals surface area contributed by atoms with Crippen molar-refractivity contribution in [3.63, 3.8) is 0 Å². The lowest BCUT2D eigenvalue weighted by atomic mass is 9.94. The van der Waals surface area contributed by atoms with E-state index in [-0.39, 0.29) is 11.9 Å². The second-order valence-electron chi connectivity index (χ2n) is 4.12. The fourth-order valence-corrected chi connectivity index (χ4v) is 2.42. The van der Waals surface area contributed by atoms with Crippen LogP contribution in [-0.2, 0) is 11.2 Å². The number of nitrogens with one attached hydrogen (secondary N) is 2. The third kappa shape index (κ3) is 3.01. The summed E-state index contributed by atoms with van der Waals surface area (Å²) >= 11 is 1.74. The molecule has 1 aromatic rings. The number of hydrogen-bond acceptors (Lipinski definition) is 3. The van der Waals surface area contributed by atoms with Gasteiger partial charge in [-0.05, 0) is 23.8 Å². The van der Waals surface area contributed by atoms with Gasteiger partial charge in [-0.2, -0.15) is 11.8 Å². The van der Waals surface area contributed by atoms with Crippen LogP contribution in [0.5, 0.6) is 0 Å². The molecule has 0 aliphatic carbocycles. The van der Waals surface area contributed by atoms with Crippen molar-refractivity contribution in [3.05, 3.63) is 35.4 Å². The predicted molar refractivity (Wildman–Crippen MR) is 72.3 cm³/mol. The first-order valence-corrected chi connectivity index (χ1v) is 7.30. The SMILES string of the molecule is CSCCNC(=O)C1NCCc2ccccc21. The van der Waals surface area contributed by atoms with Gasteiger partial charge >= 0.3 is 0 Å². The molecule has 0 bridgehead atoms. The number of carbonyl (C=O) groups excluding carboxylic acids is 1. The molecule has 17 heavy (non-hydrogen) atoms. The van der Waals surface area contributed by atoms with Crippen LogP contribution >= 0.6 is 11.8 Å². The summed E-state index contributed by atoms with van der Waals surface area (Å²) < 4.78 is 0. The van der Waals surface area contributed by atoms with E-state index >= 15 is 0 Å². The van der Waals surface area contributed by atoms with E-state index in [1.165, 1.54) is 5.56 Å². The molecule has 1 unspecified atom stereocenters. The van der Waals surface area contributed by atoms with Crippen LogP contribution in [0.3, 0.4) is 0 Å². The summed E-state index contributed by atoms with van der Waals surface area (Å²) in [7, 11) is 0. The Morgan fingerprint density at radius 3 is 3.18 bits per heavy atom. The third-order valence-electron chi connectivity index (χ3n) is 2.98. The Kier molecular flexibility index (Phi) is 4.45. The molecule has 0 saturated carbocycles. The number of fused-ring (bicyclic) bond motifs is 1. The molecule has 1 atom stereocenters. The van der Waals surface area contributed by atoms with E-state index in [2.05, 4.69) is 16.7 Å². The summed E-state index contributed by atoms with van der Waals surface area (Å²) in [4.78, 5) is 12.1. The van der Waals surface area contributed by atoms with Crippen LogP contribution in [0.1, 0.15) is 17.2 Å². The van der Waals surface area contributed by atoms with Crippen molar-refractivity contribution in [3.8, 4) is 0 Å². The van der Waals surface area contributed by atoms with Gasteiger partial charge < -0.3 is 10.6 Å². The van der Waals surface area contributed by atoms with Gasteiger partial charge in [0.05, 0.1) is 0 Å². The zero-order valence-corrected chi connectivity index (χ0v) is 10.8. The van der Waals surface area contributed by atoms with Crippen molar-refractivity contribution in [1.82, 2.24) is 10.6 Å². The molecular formula is C13H18N2OS. The maximum absolute atomic E-state index is 12.1. The predicted octanol–water partition coefficient (Wildman–Crippen LogP) is 1.35. The van der Waals surface area contributed by atoms with Gasteiger partial charge in [0.25, 0.3) is 0 Å². The molecule has 1 heterocycles. The smallest absolute Gasteiger partial charge is 0.241 e. The summed E-state index contributed by atoms with van der Waals surface area (Å²) in [6.45, 7) is 1.61. The highest BCUT2D eigenvalue weighted by Crippen LogP contribution is 2.22. The van der Waals surface area contributed by atoms with Crippen LogP contribution in [0.15, 0.2) is 24.3 Å². The summed E-state index contributed by atoms with van der Waals surface area (Å²) in [6.07, 6.45) is 3.05. The van der Waals surface area contributed by atoms with E-state index in [0.717, 1.165) is 30.8 Å². The van der Waals surface area contributed by atoms with Crippen LogP contribution in [0.4, 0.5) is 0 Å². The molecule has 4 heteroatoms. The average Bonchev–Trinajstić information content (AvgIpc) is 2.38. The van der Waals surface area contributed by atoms with E-state index in [4.69, 9.17) is 0 Å². The summed E-state index contributed by atoms with van der Waals surface area (Å²) in [5.74, 6) is 1.05. The van der Waals surface area contributed by atoms with Gasteiger partial charge in [-0.15, -0.1) is 0 Å². The Labute approximate surface area is 106 Å². The molecule has 0 radical (unpaired) electrons. The monoisotopic (exact) mass is 250 g/mol. The van der Waals surface area contributed by atoms with Crippen LogP contribution < -0.4 is 10.6 Å². The molecule has 3 nitrogen and oxygen atoms in total. The topological polar surface area (TPSA) is 41.1 Å². The zero-order chi connectivity index (χ0) is 12.1. The number of hydrogen-bond donors (Lipinski definition) is 2. The van der Waals surface area contributed by atoms with Crippen molar-refractivity contribution in [1.29, 1.82) is 0 Å². The van der Waals surface area contributed by atoms with E-state index < -0.39 is 0 Å². The largest absolute Gasteiger partial charge is 0.354 e. The molecule has 0 saturated heterocycles. The Hall–Kier alpha value is -1.00. The molecule has 1 aliphatic heterocycles. The maximum Gasteiger partial charge on any atom is 0.241 e. The molecule has 0 fully saturated rings. The first-order chi connectivity index (χ1) is 8.33. The number of thioether (sulfide) groups is 1. The van der Waals surface area contributed by atoms with E-state index in [1.807, 2.05) is 24.5 Å². The van der Waals surface area contributed by atoms with Crippen molar-refractivity contribution < 1.29 is 4.79 Å². The average molecular weight is 250 g/mol. The summed E-state index contributed by atoms with van der Waals surface area (Å²) in [5.41, 5.74) is 2.41. The number of amides is 1. The molecule has 0 spiro atoms. The fourth-order valence-electron chi connectivity index (χ4n) is 2.12. The van der Waals surface area contributed by atoms with E-state index in [9.17, 15) is 4.79 Å². The molecule has 2 rings (SSSR count). The van der Waals surface area contributed by atoms with Gasteiger partial charge in [0.1, 0.15) is 6.04 Å². The highest BCUT2D eigenvalue weighted by Gasteiger charge is 2.24. The Bertz CT molecular complexity index is 395. The standard InChI is InChI=1S/C13H18N2OS/c1-17-9-8-15-13(16)12-11-5-3-2-4-10(11)6-7-14-12/h2-5,12,14H,6-9H2,1H3,(H,15,16). The molecule has 1 aliphatic rings. The van der Waals surface area contributed by atoms with Gasteiger partial charge in [0.15, 0.2) is 0 Å². The lowest BCUT2D eigenvalue weighted by molar-refractivity contribution is -0.123. The van der Waals surface area contributed by atoms with Crippen molar-refractivity contribution >= 4 is 17.7 Å². The molecular weight excluding hydrogens is 232 g/mol. The molecule has 1 amide bonds. The normalized spacial score (nSPS) is 18.5. The second-order valence-corrected chi connectivity index (χ2v) is 5.11. The molecule has 92 valence electrons. The van der Waals surface area contributed by atoms with Crippen LogP contribution in [0.25, 0.3) is 0 Å².